The van der Waals surface area contributed by atoms with E-state index in [1.165, 1.54) is 56.0 Å². The Balaban J connectivity index is 1.38. The lowest BCUT2D eigenvalue weighted by Crippen LogP contribution is -2.04. The third-order valence-electron chi connectivity index (χ3n) is 6.84. The van der Waals surface area contributed by atoms with E-state index in [9.17, 15) is 0 Å². The van der Waals surface area contributed by atoms with E-state index in [-0.39, 0.29) is 0 Å². The van der Waals surface area contributed by atoms with Crippen LogP contribution in [-0.4, -0.2) is 0 Å². The van der Waals surface area contributed by atoms with Crippen molar-refractivity contribution < 1.29 is 0 Å². The van der Waals surface area contributed by atoms with Crippen molar-refractivity contribution in [1.29, 1.82) is 0 Å². The van der Waals surface area contributed by atoms with Crippen LogP contribution in [0.25, 0.3) is 33.4 Å². The molecule has 0 unspecified atom stereocenters. The first-order valence-electron chi connectivity index (χ1n) is 12.7. The van der Waals surface area contributed by atoms with E-state index in [0.29, 0.717) is 0 Å². The van der Waals surface area contributed by atoms with Crippen molar-refractivity contribution in [2.24, 2.45) is 0 Å². The zero-order valence-electron chi connectivity index (χ0n) is 20.6. The van der Waals surface area contributed by atoms with Crippen LogP contribution in [0.15, 0.2) is 164 Å². The first-order valence-corrected chi connectivity index (χ1v) is 12.7. The Kier molecular flexibility index (Phi) is 6.39. The maximum atomic E-state index is 2.24. The van der Waals surface area contributed by atoms with Crippen molar-refractivity contribution in [3.8, 4) is 33.4 Å². The highest BCUT2D eigenvalue weighted by atomic mass is 14.2. The number of hydrogen-bond donors (Lipinski definition) is 0. The van der Waals surface area contributed by atoms with Gasteiger partial charge in [-0.15, -0.1) is 0 Å². The molecule has 0 amide bonds. The summed E-state index contributed by atoms with van der Waals surface area (Å²) < 4.78 is 0. The molecule has 0 spiro atoms. The van der Waals surface area contributed by atoms with Gasteiger partial charge in [0, 0.05) is 0 Å². The Morgan fingerprint density at radius 1 is 0.216 bits per heavy atom. The summed E-state index contributed by atoms with van der Waals surface area (Å²) >= 11 is 0. The van der Waals surface area contributed by atoms with Crippen LogP contribution in [0.5, 0.6) is 0 Å². The molecule has 0 heteroatoms. The van der Waals surface area contributed by atoms with Gasteiger partial charge < -0.3 is 0 Å². The van der Waals surface area contributed by atoms with Crippen molar-refractivity contribution >= 4 is 0 Å². The number of hydrogen-bond acceptors (Lipinski definition) is 0. The lowest BCUT2D eigenvalue weighted by molar-refractivity contribution is 1.23. The highest BCUT2D eigenvalue weighted by Crippen LogP contribution is 2.34. The summed E-state index contributed by atoms with van der Waals surface area (Å²) in [4.78, 5) is 0. The first-order chi connectivity index (χ1) is 18.3. The van der Waals surface area contributed by atoms with Crippen LogP contribution in [0.3, 0.4) is 0 Å². The average Bonchev–Trinajstić information content (AvgIpc) is 3.00. The normalized spacial score (nSPS) is 10.7. The summed E-state index contributed by atoms with van der Waals surface area (Å²) in [5, 5.41) is 0. The molecule has 0 bridgehead atoms. The lowest BCUT2D eigenvalue weighted by atomic mass is 9.83. The fourth-order valence-corrected chi connectivity index (χ4v) is 4.88. The van der Waals surface area contributed by atoms with Gasteiger partial charge in [0.05, 0.1) is 22.6 Å². The van der Waals surface area contributed by atoms with E-state index < -0.39 is 0 Å². The number of rotatable bonds is 6. The van der Waals surface area contributed by atoms with Crippen molar-refractivity contribution in [3.63, 3.8) is 0 Å². The zero-order valence-corrected chi connectivity index (χ0v) is 20.6. The Labute approximate surface area is 219 Å². The standard InChI is InChI=1S/C37H27/c1-4-10-28(11-5-1)31-16-22-34(23-17-31)37(35-24-18-32(19-25-35)29-12-6-2-7-13-29)36-26-20-33(21-27-36)30-14-8-3-9-15-30/h1-27H/q+1. The molecule has 0 aliphatic rings. The molecule has 0 radical (unpaired) electrons. The van der Waals surface area contributed by atoms with E-state index in [1.807, 2.05) is 0 Å². The van der Waals surface area contributed by atoms with Gasteiger partial charge in [0.15, 0.2) is 0 Å². The molecular formula is C37H27+. The highest BCUT2D eigenvalue weighted by molar-refractivity contribution is 5.70. The van der Waals surface area contributed by atoms with Gasteiger partial charge >= 0.3 is 0 Å². The average molecular weight is 472 g/mol. The molecule has 6 aromatic rings. The molecule has 174 valence electrons. The quantitative estimate of drug-likeness (QED) is 0.167. The molecule has 0 saturated carbocycles. The minimum absolute atomic E-state index is 1.21. The molecule has 0 nitrogen and oxygen atoms in total. The van der Waals surface area contributed by atoms with Crippen molar-refractivity contribution in [1.82, 2.24) is 0 Å². The van der Waals surface area contributed by atoms with E-state index in [0.717, 1.165) is 0 Å². The van der Waals surface area contributed by atoms with Gasteiger partial charge in [-0.05, 0) is 106 Å². The Bertz CT molecular complexity index is 1350. The fraction of sp³-hybridized carbons (Fsp3) is 0. The monoisotopic (exact) mass is 471 g/mol. The summed E-state index contributed by atoms with van der Waals surface area (Å²) in [6.07, 6.45) is 0. The molecule has 0 N–H and O–H groups in total. The van der Waals surface area contributed by atoms with Crippen LogP contribution in [0.1, 0.15) is 16.7 Å². The van der Waals surface area contributed by atoms with Crippen LogP contribution >= 0.6 is 0 Å². The van der Waals surface area contributed by atoms with Gasteiger partial charge in [0.2, 0.25) is 0 Å². The summed E-state index contributed by atoms with van der Waals surface area (Å²) in [6.45, 7) is 0. The van der Waals surface area contributed by atoms with Gasteiger partial charge in [0.1, 0.15) is 0 Å². The van der Waals surface area contributed by atoms with Crippen LogP contribution in [0, 0.1) is 5.92 Å². The molecule has 0 aromatic heterocycles. The van der Waals surface area contributed by atoms with Crippen LogP contribution in [-0.2, 0) is 0 Å². The van der Waals surface area contributed by atoms with Gasteiger partial charge in [-0.3, -0.25) is 0 Å². The summed E-state index contributed by atoms with van der Waals surface area (Å²) in [7, 11) is 0. The largest absolute Gasteiger partial charge is 0.0631 e. The summed E-state index contributed by atoms with van der Waals surface area (Å²) in [5.74, 6) is 1.24. The topological polar surface area (TPSA) is 0 Å². The summed E-state index contributed by atoms with van der Waals surface area (Å²) in [6, 6.07) is 58.4. The van der Waals surface area contributed by atoms with E-state index in [1.54, 1.807) is 0 Å². The van der Waals surface area contributed by atoms with Crippen LogP contribution < -0.4 is 0 Å². The minimum atomic E-state index is 1.21. The van der Waals surface area contributed by atoms with Gasteiger partial charge in [-0.25, -0.2) is 0 Å². The maximum Gasteiger partial charge on any atom is 0.0631 e. The van der Waals surface area contributed by atoms with Crippen molar-refractivity contribution in [2.75, 3.05) is 0 Å². The second kappa shape index (κ2) is 10.4. The third kappa shape index (κ3) is 4.96. The molecule has 0 aliphatic carbocycles. The van der Waals surface area contributed by atoms with E-state index in [2.05, 4.69) is 164 Å². The predicted molar refractivity (Wildman–Crippen MR) is 156 cm³/mol. The molecule has 0 heterocycles. The molecule has 0 atom stereocenters. The van der Waals surface area contributed by atoms with E-state index >= 15 is 0 Å². The Morgan fingerprint density at radius 2 is 0.432 bits per heavy atom. The number of benzene rings is 6. The zero-order chi connectivity index (χ0) is 24.9. The Hall–Kier alpha value is -4.81. The smallest absolute Gasteiger partial charge is 0.0622 e. The van der Waals surface area contributed by atoms with Gasteiger partial charge in [-0.2, -0.15) is 0 Å². The molecule has 6 aromatic carbocycles. The Morgan fingerprint density at radius 3 is 0.676 bits per heavy atom. The first kappa shape index (κ1) is 22.6. The van der Waals surface area contributed by atoms with Crippen molar-refractivity contribution in [3.05, 3.63) is 186 Å². The van der Waals surface area contributed by atoms with E-state index in [4.69, 9.17) is 0 Å². The molecular weight excluding hydrogens is 444 g/mol. The molecule has 37 heavy (non-hydrogen) atoms. The second-order valence-corrected chi connectivity index (χ2v) is 9.21. The summed E-state index contributed by atoms with van der Waals surface area (Å²) in [5.41, 5.74) is 11.0. The molecule has 0 aliphatic heterocycles. The molecule has 0 saturated heterocycles. The molecule has 6 rings (SSSR count). The lowest BCUT2D eigenvalue weighted by Gasteiger charge is -2.15. The van der Waals surface area contributed by atoms with Crippen molar-refractivity contribution in [2.45, 2.75) is 0 Å². The predicted octanol–water partition coefficient (Wildman–Crippen LogP) is 9.71. The third-order valence-corrected chi connectivity index (χ3v) is 6.84. The SMILES string of the molecule is c1ccc(-c2ccc([C+](c3ccc(-c4ccccc4)cc3)c3ccc(-c4ccccc4)cc3)cc2)cc1. The van der Waals surface area contributed by atoms with Gasteiger partial charge in [0.25, 0.3) is 0 Å². The second-order valence-electron chi connectivity index (χ2n) is 9.21. The highest BCUT2D eigenvalue weighted by Gasteiger charge is 2.23. The van der Waals surface area contributed by atoms with Crippen LogP contribution in [0.4, 0.5) is 0 Å². The van der Waals surface area contributed by atoms with Crippen LogP contribution in [0.2, 0.25) is 0 Å². The molecule has 0 fully saturated rings. The van der Waals surface area contributed by atoms with Gasteiger partial charge in [-0.1, -0.05) is 91.0 Å². The maximum absolute atomic E-state index is 2.24. The fourth-order valence-electron chi connectivity index (χ4n) is 4.88. The minimum Gasteiger partial charge on any atom is -0.0622 e.